The number of hydrogen-bond acceptors (Lipinski definition) is 6. The van der Waals surface area contributed by atoms with Crippen molar-refractivity contribution >= 4 is 11.6 Å². The Morgan fingerprint density at radius 3 is 2.63 bits per heavy atom. The van der Waals surface area contributed by atoms with Gasteiger partial charge in [0.05, 0.1) is 19.9 Å². The number of benzene rings is 2. The quantitative estimate of drug-likeness (QED) is 0.604. The van der Waals surface area contributed by atoms with Crippen molar-refractivity contribution < 1.29 is 27.8 Å². The van der Waals surface area contributed by atoms with Crippen LogP contribution in [-0.2, 0) is 6.54 Å². The third kappa shape index (κ3) is 4.83. The van der Waals surface area contributed by atoms with Crippen LogP contribution in [0.15, 0.2) is 47.4 Å². The molecule has 1 aromatic heterocycles. The summed E-state index contributed by atoms with van der Waals surface area (Å²) in [6.45, 7) is -1.14. The van der Waals surface area contributed by atoms with Crippen LogP contribution in [0.3, 0.4) is 0 Å². The zero-order chi connectivity index (χ0) is 21.8. The fourth-order valence-corrected chi connectivity index (χ4v) is 2.76. The number of nitrogens with zero attached hydrogens (tertiary/aromatic N) is 2. The Balaban J connectivity index is 1.96. The number of ether oxygens (including phenoxy) is 2. The van der Waals surface area contributed by atoms with E-state index in [4.69, 9.17) is 4.74 Å². The fourth-order valence-electron chi connectivity index (χ4n) is 2.76. The molecule has 0 fully saturated rings. The van der Waals surface area contributed by atoms with Gasteiger partial charge in [0.1, 0.15) is 5.75 Å². The zero-order valence-electron chi connectivity index (χ0n) is 16.0. The topological polar surface area (TPSA) is 85.6 Å². The van der Waals surface area contributed by atoms with Gasteiger partial charge in [-0.05, 0) is 48.4 Å². The number of aryl methyl sites for hydroxylation is 1. The third-order valence-electron chi connectivity index (χ3n) is 4.22. The van der Waals surface area contributed by atoms with Crippen LogP contribution in [0, 0.1) is 12.7 Å². The number of phenols is 1. The molecule has 0 spiro atoms. The van der Waals surface area contributed by atoms with E-state index in [1.807, 2.05) is 0 Å². The largest absolute Gasteiger partial charge is 0.505 e. The standard InChI is InChI=1S/C20H18F3N3O4/c1-11-7-13(30-19(22)23)4-6-15(11)24-20-25-18(28)17(29-2)10-26(20)9-12-3-5-14(21)16(27)8-12/h3-8,10,19,27H,9H2,1-2H3,(H,24,25,28). The van der Waals surface area contributed by atoms with Crippen LogP contribution >= 0.6 is 0 Å². The molecule has 10 heteroatoms. The molecule has 0 aliphatic carbocycles. The van der Waals surface area contributed by atoms with Gasteiger partial charge in [0.25, 0.3) is 0 Å². The number of aromatic hydroxyl groups is 1. The molecule has 3 aromatic rings. The number of hydrogen-bond donors (Lipinski definition) is 2. The Bertz CT molecular complexity index is 1120. The van der Waals surface area contributed by atoms with Gasteiger partial charge in [-0.25, -0.2) is 4.39 Å². The van der Waals surface area contributed by atoms with Crippen molar-refractivity contribution in [1.82, 2.24) is 9.55 Å². The van der Waals surface area contributed by atoms with Crippen molar-refractivity contribution in [2.75, 3.05) is 12.4 Å². The molecule has 7 nitrogen and oxygen atoms in total. The molecule has 0 saturated heterocycles. The molecule has 0 amide bonds. The van der Waals surface area contributed by atoms with Gasteiger partial charge in [0, 0.05) is 5.69 Å². The molecule has 2 N–H and O–H groups in total. The first-order valence-corrected chi connectivity index (χ1v) is 8.72. The molecule has 30 heavy (non-hydrogen) atoms. The summed E-state index contributed by atoms with van der Waals surface area (Å²) in [4.78, 5) is 16.1. The van der Waals surface area contributed by atoms with Crippen LogP contribution < -0.4 is 20.3 Å². The number of nitrogens with one attached hydrogen (secondary N) is 1. The van der Waals surface area contributed by atoms with E-state index in [-0.39, 0.29) is 24.0 Å². The lowest BCUT2D eigenvalue weighted by molar-refractivity contribution is -0.0498. The molecular weight excluding hydrogens is 403 g/mol. The predicted molar refractivity (Wildman–Crippen MR) is 103 cm³/mol. The highest BCUT2D eigenvalue weighted by Gasteiger charge is 2.13. The van der Waals surface area contributed by atoms with E-state index in [0.717, 1.165) is 6.07 Å². The smallest absolute Gasteiger partial charge is 0.387 e. The molecule has 158 valence electrons. The minimum atomic E-state index is -2.94. The minimum absolute atomic E-state index is 0.00471. The summed E-state index contributed by atoms with van der Waals surface area (Å²) in [7, 11) is 1.32. The Morgan fingerprint density at radius 1 is 1.23 bits per heavy atom. The number of aromatic nitrogens is 2. The normalized spacial score (nSPS) is 10.9. The van der Waals surface area contributed by atoms with Crippen LogP contribution in [0.4, 0.5) is 24.8 Å². The second-order valence-corrected chi connectivity index (χ2v) is 6.33. The van der Waals surface area contributed by atoms with Crippen LogP contribution in [0.5, 0.6) is 17.2 Å². The first kappa shape index (κ1) is 21.0. The molecule has 0 saturated carbocycles. The molecule has 0 aliphatic heterocycles. The number of halogens is 3. The molecule has 0 atom stereocenters. The monoisotopic (exact) mass is 421 g/mol. The maximum Gasteiger partial charge on any atom is 0.387 e. The van der Waals surface area contributed by atoms with Crippen LogP contribution in [0.1, 0.15) is 11.1 Å². The number of rotatable bonds is 7. The Morgan fingerprint density at radius 2 is 2.00 bits per heavy atom. The van der Waals surface area contributed by atoms with Gasteiger partial charge in [-0.1, -0.05) is 6.07 Å². The average molecular weight is 421 g/mol. The first-order valence-electron chi connectivity index (χ1n) is 8.72. The lowest BCUT2D eigenvalue weighted by atomic mass is 10.2. The van der Waals surface area contributed by atoms with Gasteiger partial charge in [0.2, 0.25) is 11.7 Å². The first-order chi connectivity index (χ1) is 14.3. The van der Waals surface area contributed by atoms with Crippen molar-refractivity contribution in [3.05, 3.63) is 69.9 Å². The van der Waals surface area contributed by atoms with E-state index in [1.165, 1.54) is 48.2 Å². The maximum absolute atomic E-state index is 13.3. The highest BCUT2D eigenvalue weighted by atomic mass is 19.3. The lowest BCUT2D eigenvalue weighted by Gasteiger charge is -2.17. The third-order valence-corrected chi connectivity index (χ3v) is 4.22. The SMILES string of the molecule is COc1cn(Cc2ccc(F)c(O)c2)c(Nc2ccc(OC(F)F)cc2C)nc1=O. The van der Waals surface area contributed by atoms with E-state index < -0.39 is 23.7 Å². The van der Waals surface area contributed by atoms with Gasteiger partial charge >= 0.3 is 12.2 Å². The van der Waals surface area contributed by atoms with Gasteiger partial charge in [-0.15, -0.1) is 0 Å². The van der Waals surface area contributed by atoms with Crippen LogP contribution in [0.2, 0.25) is 0 Å². The Kier molecular flexibility index (Phi) is 6.14. The summed E-state index contributed by atoms with van der Waals surface area (Å²) in [6, 6.07) is 8.13. The zero-order valence-corrected chi connectivity index (χ0v) is 16.0. The fraction of sp³-hybridized carbons (Fsp3) is 0.200. The molecule has 1 heterocycles. The van der Waals surface area contributed by atoms with Crippen molar-refractivity contribution in [3.8, 4) is 17.2 Å². The van der Waals surface area contributed by atoms with Gasteiger partial charge in [0.15, 0.2) is 11.6 Å². The van der Waals surface area contributed by atoms with E-state index in [0.29, 0.717) is 16.8 Å². The van der Waals surface area contributed by atoms with Crippen molar-refractivity contribution in [2.45, 2.75) is 20.1 Å². The summed E-state index contributed by atoms with van der Waals surface area (Å²) < 4.78 is 49.0. The number of methoxy groups -OCH3 is 1. The van der Waals surface area contributed by atoms with Crippen LogP contribution in [-0.4, -0.2) is 28.4 Å². The van der Waals surface area contributed by atoms with Gasteiger partial charge in [-0.2, -0.15) is 13.8 Å². The van der Waals surface area contributed by atoms with Crippen molar-refractivity contribution in [3.63, 3.8) is 0 Å². The highest BCUT2D eigenvalue weighted by Crippen LogP contribution is 2.26. The van der Waals surface area contributed by atoms with Crippen molar-refractivity contribution in [1.29, 1.82) is 0 Å². The number of alkyl halides is 2. The molecule has 2 aromatic carbocycles. The Hall–Kier alpha value is -3.69. The summed E-state index contributed by atoms with van der Waals surface area (Å²) in [6.07, 6.45) is 1.42. The lowest BCUT2D eigenvalue weighted by Crippen LogP contribution is -2.19. The van der Waals surface area contributed by atoms with Gasteiger partial charge < -0.3 is 24.5 Å². The van der Waals surface area contributed by atoms with E-state index in [2.05, 4.69) is 15.0 Å². The van der Waals surface area contributed by atoms with Crippen LogP contribution in [0.25, 0.3) is 0 Å². The predicted octanol–water partition coefficient (Wildman–Crippen LogP) is 3.80. The highest BCUT2D eigenvalue weighted by molar-refractivity contribution is 5.60. The second kappa shape index (κ2) is 8.76. The molecular formula is C20H18F3N3O4. The molecule has 3 rings (SSSR count). The summed E-state index contributed by atoms with van der Waals surface area (Å²) in [5.41, 5.74) is 1.00. The van der Waals surface area contributed by atoms with Crippen molar-refractivity contribution in [2.24, 2.45) is 0 Å². The molecule has 0 unspecified atom stereocenters. The molecule has 0 aliphatic rings. The van der Waals surface area contributed by atoms with E-state index >= 15 is 0 Å². The minimum Gasteiger partial charge on any atom is -0.505 e. The summed E-state index contributed by atoms with van der Waals surface area (Å²) in [5, 5.41) is 12.6. The molecule has 0 bridgehead atoms. The average Bonchev–Trinajstić information content (AvgIpc) is 2.68. The van der Waals surface area contributed by atoms with E-state index in [1.54, 1.807) is 6.92 Å². The van der Waals surface area contributed by atoms with E-state index in [9.17, 15) is 23.1 Å². The summed E-state index contributed by atoms with van der Waals surface area (Å²) in [5.74, 6) is -1.14. The Labute approximate surface area is 169 Å². The number of anilines is 2. The molecule has 0 radical (unpaired) electrons. The number of phenolic OH excluding ortho intramolecular Hbond substituents is 1. The maximum atomic E-state index is 13.3. The van der Waals surface area contributed by atoms with Gasteiger partial charge in [-0.3, -0.25) is 4.79 Å². The second-order valence-electron chi connectivity index (χ2n) is 6.33. The summed E-state index contributed by atoms with van der Waals surface area (Å²) >= 11 is 0.